The second-order valence-corrected chi connectivity index (χ2v) is 9.24. The van der Waals surface area contributed by atoms with Crippen LogP contribution in [0.4, 0.5) is 5.69 Å². The van der Waals surface area contributed by atoms with Crippen LogP contribution in [0, 0.1) is 49.4 Å². The molecule has 5 nitrogen and oxygen atoms in total. The number of amides is 3. The predicted octanol–water partition coefficient (Wildman–Crippen LogP) is 3.06. The average Bonchev–Trinajstić information content (AvgIpc) is 3.41. The van der Waals surface area contributed by atoms with Crippen LogP contribution in [-0.4, -0.2) is 29.2 Å². The van der Waals surface area contributed by atoms with E-state index >= 15 is 0 Å². The Morgan fingerprint density at radius 2 is 1.67 bits per heavy atom. The van der Waals surface area contributed by atoms with Gasteiger partial charge in [0.15, 0.2) is 0 Å². The van der Waals surface area contributed by atoms with Crippen molar-refractivity contribution in [3.63, 3.8) is 0 Å². The number of rotatable bonds is 3. The maximum Gasteiger partial charge on any atom is 0.244 e. The molecule has 1 aliphatic heterocycles. The summed E-state index contributed by atoms with van der Waals surface area (Å²) < 4.78 is 0.980. The van der Waals surface area contributed by atoms with Gasteiger partial charge in [-0.3, -0.25) is 19.3 Å². The Morgan fingerprint density at radius 3 is 2.26 bits per heavy atom. The van der Waals surface area contributed by atoms with Crippen LogP contribution >= 0.6 is 15.9 Å². The van der Waals surface area contributed by atoms with Crippen LogP contribution in [-0.2, 0) is 14.4 Å². The van der Waals surface area contributed by atoms with E-state index in [-0.39, 0.29) is 47.9 Å². The molecule has 1 saturated heterocycles. The predicted molar refractivity (Wildman–Crippen MR) is 104 cm³/mol. The maximum absolute atomic E-state index is 12.9. The van der Waals surface area contributed by atoms with Gasteiger partial charge in [-0.15, -0.1) is 0 Å². The van der Waals surface area contributed by atoms with Gasteiger partial charge in [-0.1, -0.05) is 28.1 Å². The lowest BCUT2D eigenvalue weighted by Gasteiger charge is -2.37. The quantitative estimate of drug-likeness (QED) is 0.594. The van der Waals surface area contributed by atoms with Gasteiger partial charge < -0.3 is 5.32 Å². The fourth-order valence-electron chi connectivity index (χ4n) is 5.42. The summed E-state index contributed by atoms with van der Waals surface area (Å²) in [6, 6.07) is 3.84. The molecule has 27 heavy (non-hydrogen) atoms. The summed E-state index contributed by atoms with van der Waals surface area (Å²) in [6.45, 7) is 3.66. The molecule has 1 N–H and O–H groups in total. The van der Waals surface area contributed by atoms with Crippen LogP contribution in [0.25, 0.3) is 0 Å². The van der Waals surface area contributed by atoms with E-state index in [0.717, 1.165) is 22.0 Å². The highest BCUT2D eigenvalue weighted by molar-refractivity contribution is 9.10. The first-order chi connectivity index (χ1) is 12.9. The number of carbonyl (C=O) groups is 3. The van der Waals surface area contributed by atoms with Crippen molar-refractivity contribution in [3.05, 3.63) is 39.9 Å². The molecule has 0 radical (unpaired) electrons. The normalized spacial score (nSPS) is 35.3. The van der Waals surface area contributed by atoms with E-state index in [4.69, 9.17) is 0 Å². The zero-order valence-corrected chi connectivity index (χ0v) is 16.8. The maximum atomic E-state index is 12.9. The lowest BCUT2D eigenvalue weighted by molar-refractivity contribution is -0.142. The first kappa shape index (κ1) is 17.2. The molecule has 1 aromatic carbocycles. The van der Waals surface area contributed by atoms with Crippen LogP contribution in [0.3, 0.4) is 0 Å². The second-order valence-electron chi connectivity index (χ2n) is 8.38. The SMILES string of the molecule is Cc1cc(NC(=O)CN2C(=O)[C@@H]3[C@H]4C=C[C@@H]([C@@H]5C[C@@H]45)[C@H]3C2=O)c(C)cc1Br. The van der Waals surface area contributed by atoms with Gasteiger partial charge in [-0.05, 0) is 67.2 Å². The molecule has 6 rings (SSSR count). The van der Waals surface area contributed by atoms with Crippen molar-refractivity contribution in [2.75, 3.05) is 11.9 Å². The molecule has 6 atom stereocenters. The van der Waals surface area contributed by atoms with Gasteiger partial charge in [0.05, 0.1) is 11.8 Å². The second kappa shape index (κ2) is 5.77. The van der Waals surface area contributed by atoms with Crippen LogP contribution in [0.5, 0.6) is 0 Å². The minimum absolute atomic E-state index is 0.159. The number of anilines is 1. The Morgan fingerprint density at radius 1 is 1.07 bits per heavy atom. The molecule has 4 aliphatic carbocycles. The summed E-state index contributed by atoms with van der Waals surface area (Å²) >= 11 is 3.48. The van der Waals surface area contributed by atoms with E-state index in [1.165, 1.54) is 4.90 Å². The van der Waals surface area contributed by atoms with Crippen molar-refractivity contribution >= 4 is 39.3 Å². The molecule has 0 unspecified atom stereocenters. The zero-order chi connectivity index (χ0) is 19.0. The summed E-state index contributed by atoms with van der Waals surface area (Å²) in [5.74, 6) is 0.367. The summed E-state index contributed by atoms with van der Waals surface area (Å²) in [4.78, 5) is 39.7. The van der Waals surface area contributed by atoms with Crippen molar-refractivity contribution < 1.29 is 14.4 Å². The molecular weight excluding hydrogens is 408 g/mol. The van der Waals surface area contributed by atoms with Gasteiger partial charge in [0, 0.05) is 10.2 Å². The third kappa shape index (κ3) is 2.45. The first-order valence-electron chi connectivity index (χ1n) is 9.47. The third-order valence-electron chi connectivity index (χ3n) is 6.84. The lowest BCUT2D eigenvalue weighted by Crippen LogP contribution is -2.40. The highest BCUT2D eigenvalue weighted by Gasteiger charge is 2.67. The number of hydrogen-bond acceptors (Lipinski definition) is 3. The van der Waals surface area contributed by atoms with Crippen molar-refractivity contribution in [1.82, 2.24) is 4.90 Å². The molecule has 2 saturated carbocycles. The largest absolute Gasteiger partial charge is 0.324 e. The lowest BCUT2D eigenvalue weighted by atomic mass is 9.63. The molecule has 1 heterocycles. The number of carbonyl (C=O) groups excluding carboxylic acids is 3. The average molecular weight is 429 g/mol. The van der Waals surface area contributed by atoms with Crippen LogP contribution in [0.1, 0.15) is 17.5 Å². The Bertz CT molecular complexity index is 888. The van der Waals surface area contributed by atoms with E-state index < -0.39 is 0 Å². The van der Waals surface area contributed by atoms with E-state index in [9.17, 15) is 14.4 Å². The molecule has 1 aromatic rings. The standard InChI is InChI=1S/C21H21BrN2O3/c1-9-6-16(10(2)5-15(9)22)23-17(25)8-24-20(26)18-11-3-4-12(14-7-13(11)14)19(18)21(24)27/h3-6,11-14,18-19H,7-8H2,1-2H3,(H,23,25)/t11-,12-,13-,14-,18+,19+/m0/s1. The van der Waals surface area contributed by atoms with Gasteiger partial charge in [0.1, 0.15) is 6.54 Å². The molecule has 2 bridgehead atoms. The van der Waals surface area contributed by atoms with Crippen LogP contribution < -0.4 is 5.32 Å². The van der Waals surface area contributed by atoms with E-state index in [0.29, 0.717) is 17.5 Å². The van der Waals surface area contributed by atoms with Crippen molar-refractivity contribution in [2.45, 2.75) is 20.3 Å². The number of halogens is 1. The number of hydrogen-bond donors (Lipinski definition) is 1. The third-order valence-corrected chi connectivity index (χ3v) is 7.69. The number of imide groups is 1. The number of aryl methyl sites for hydroxylation is 2. The number of allylic oxidation sites excluding steroid dienone is 2. The number of benzene rings is 1. The molecule has 3 fully saturated rings. The Balaban J connectivity index is 1.33. The molecule has 3 amide bonds. The number of likely N-dealkylation sites (tertiary alicyclic amines) is 1. The Hall–Kier alpha value is -1.95. The fourth-order valence-corrected chi connectivity index (χ4v) is 5.88. The molecule has 140 valence electrons. The monoisotopic (exact) mass is 428 g/mol. The van der Waals surface area contributed by atoms with Crippen molar-refractivity contribution in [3.8, 4) is 0 Å². The smallest absolute Gasteiger partial charge is 0.244 e. The minimum Gasteiger partial charge on any atom is -0.324 e. The molecule has 5 aliphatic rings. The highest BCUT2D eigenvalue weighted by atomic mass is 79.9. The summed E-state index contributed by atoms with van der Waals surface area (Å²) in [6.07, 6.45) is 5.42. The molecular formula is C21H21BrN2O3. The molecule has 0 aromatic heterocycles. The Kier molecular flexibility index (Phi) is 3.67. The van der Waals surface area contributed by atoms with Gasteiger partial charge in [-0.25, -0.2) is 0 Å². The first-order valence-corrected chi connectivity index (χ1v) is 10.3. The van der Waals surface area contributed by atoms with Crippen molar-refractivity contribution in [1.29, 1.82) is 0 Å². The van der Waals surface area contributed by atoms with E-state index in [1.54, 1.807) is 0 Å². The number of nitrogens with one attached hydrogen (secondary N) is 1. The summed E-state index contributed by atoms with van der Waals surface area (Å²) in [7, 11) is 0. The highest BCUT2D eigenvalue weighted by Crippen LogP contribution is 2.65. The van der Waals surface area contributed by atoms with Crippen LogP contribution in [0.2, 0.25) is 0 Å². The fraction of sp³-hybridized carbons (Fsp3) is 0.476. The van der Waals surface area contributed by atoms with Gasteiger partial charge in [0.2, 0.25) is 17.7 Å². The van der Waals surface area contributed by atoms with E-state index in [1.807, 2.05) is 26.0 Å². The van der Waals surface area contributed by atoms with Gasteiger partial charge in [-0.2, -0.15) is 0 Å². The van der Waals surface area contributed by atoms with Gasteiger partial charge in [0.25, 0.3) is 0 Å². The number of nitrogens with zero attached hydrogens (tertiary/aromatic N) is 1. The zero-order valence-electron chi connectivity index (χ0n) is 15.2. The molecule has 0 spiro atoms. The van der Waals surface area contributed by atoms with Crippen molar-refractivity contribution in [2.24, 2.45) is 35.5 Å². The van der Waals surface area contributed by atoms with Crippen LogP contribution in [0.15, 0.2) is 28.8 Å². The summed E-state index contributed by atoms with van der Waals surface area (Å²) in [5.41, 5.74) is 2.65. The summed E-state index contributed by atoms with van der Waals surface area (Å²) in [5, 5.41) is 2.86. The Labute approximate surface area is 166 Å². The minimum atomic E-state index is -0.328. The van der Waals surface area contributed by atoms with E-state index in [2.05, 4.69) is 33.4 Å². The van der Waals surface area contributed by atoms with Gasteiger partial charge >= 0.3 is 0 Å². The topological polar surface area (TPSA) is 66.5 Å². The molecule has 6 heteroatoms.